The maximum absolute atomic E-state index is 6.06. The zero-order chi connectivity index (χ0) is 44.5. The third-order valence-corrected chi connectivity index (χ3v) is 11.6. The van der Waals surface area contributed by atoms with Gasteiger partial charge in [-0.1, -0.05) is 0 Å². The molecule has 4 aromatic heterocycles. The molecule has 0 fully saturated rings. The molecule has 0 amide bonds. The molecule has 1 aliphatic rings. The Bertz CT molecular complexity index is 2350. The predicted molar refractivity (Wildman–Crippen MR) is 244 cm³/mol. The predicted octanol–water partition coefficient (Wildman–Crippen LogP) is 9.46. The van der Waals surface area contributed by atoms with E-state index in [1.54, 1.807) is 56.9 Å². The maximum Gasteiger partial charge on any atom is 0.194 e. The van der Waals surface area contributed by atoms with Gasteiger partial charge in [0, 0.05) is 48.5 Å². The first-order chi connectivity index (χ1) is 31.4. The smallest absolute Gasteiger partial charge is 0.194 e. The SMILES string of the molecule is COc1cccc(OC)c1[C+]1c2ccc([nH]2)[C+](c2c(OC)cccc2OC)c2ccc([nH]2)[C+](c2c(OC)cccc2OC)c2ccc([nH]2)[C+](c2c(OC)cccc2OC)c2ccc1[nH]2. The molecule has 8 aromatic rings. The van der Waals surface area contributed by atoms with Crippen LogP contribution in [0.15, 0.2) is 121 Å². The van der Waals surface area contributed by atoms with E-state index in [4.69, 9.17) is 37.9 Å². The maximum atomic E-state index is 6.06. The molecular weight excluding hydrogens is 809 g/mol. The van der Waals surface area contributed by atoms with Crippen molar-refractivity contribution in [1.29, 1.82) is 0 Å². The average molecular weight is 857 g/mol. The number of hydrogen-bond donors (Lipinski definition) is 4. The van der Waals surface area contributed by atoms with E-state index in [2.05, 4.69) is 68.5 Å². The van der Waals surface area contributed by atoms with Crippen LogP contribution in [0.4, 0.5) is 0 Å². The number of rotatable bonds is 12. The average Bonchev–Trinajstić information content (AvgIpc) is 4.20. The van der Waals surface area contributed by atoms with Gasteiger partial charge in [-0.3, -0.25) is 0 Å². The summed E-state index contributed by atoms with van der Waals surface area (Å²) in [6.07, 6.45) is 0. The van der Waals surface area contributed by atoms with Gasteiger partial charge < -0.3 is 57.8 Å². The highest BCUT2D eigenvalue weighted by molar-refractivity contribution is 5.72. The van der Waals surface area contributed by atoms with E-state index in [1.165, 1.54) is 0 Å². The summed E-state index contributed by atoms with van der Waals surface area (Å²) in [7, 11) is 13.3. The molecule has 8 bridgehead atoms. The number of aromatic amines is 4. The van der Waals surface area contributed by atoms with E-state index in [0.29, 0.717) is 46.0 Å². The van der Waals surface area contributed by atoms with Crippen molar-refractivity contribution < 1.29 is 37.9 Å². The van der Waals surface area contributed by atoms with Crippen molar-refractivity contribution in [3.8, 4) is 46.0 Å². The van der Waals surface area contributed by atoms with E-state index >= 15 is 0 Å². The first-order valence-corrected chi connectivity index (χ1v) is 20.5. The Morgan fingerprint density at radius 3 is 0.500 bits per heavy atom. The van der Waals surface area contributed by atoms with Crippen LogP contribution in [0.3, 0.4) is 0 Å². The second-order valence-electron chi connectivity index (χ2n) is 14.8. The highest BCUT2D eigenvalue weighted by Gasteiger charge is 2.43. The van der Waals surface area contributed by atoms with Crippen molar-refractivity contribution in [1.82, 2.24) is 19.9 Å². The normalized spacial score (nSPS) is 12.2. The number of aromatic nitrogens is 4. The van der Waals surface area contributed by atoms with Crippen LogP contribution in [0.2, 0.25) is 0 Å². The molecule has 0 spiro atoms. The third kappa shape index (κ3) is 6.89. The fraction of sp³-hybridized carbons (Fsp3) is 0.154. The topological polar surface area (TPSA) is 137 Å². The summed E-state index contributed by atoms with van der Waals surface area (Å²) in [6, 6.07) is 39.5. The van der Waals surface area contributed by atoms with Crippen LogP contribution in [0.1, 0.15) is 67.8 Å². The Labute approximate surface area is 372 Å². The Balaban J connectivity index is 1.39. The van der Waals surface area contributed by atoms with Crippen molar-refractivity contribution >= 4 is 0 Å². The third-order valence-electron chi connectivity index (χ3n) is 11.6. The standard InChI is InChI=1S/C52H48N4O8/c1-57-37-13-9-14-38(58-2)49(37)45-29-21-23-31(53-29)46(50-39(59-3)15-10-16-40(50)60-4)33-25-27-35(55-33)48(52-43(63-7)19-12-20-44(52)64-8)36-28-26-34(56-36)47(32-24-22-30(45)54-32)51-41(61-5)17-11-18-42(51)62-6/h9-28,53-56H,1-8H3/q+4. The fourth-order valence-electron chi connectivity index (χ4n) is 8.80. The quantitative estimate of drug-likeness (QED) is 0.0893. The van der Waals surface area contributed by atoms with Crippen molar-refractivity contribution in [3.63, 3.8) is 0 Å². The molecule has 64 heavy (non-hydrogen) atoms. The lowest BCUT2D eigenvalue weighted by atomic mass is 9.90. The van der Waals surface area contributed by atoms with E-state index in [-0.39, 0.29) is 0 Å². The second kappa shape index (κ2) is 17.3. The molecule has 9 rings (SSSR count). The Morgan fingerprint density at radius 1 is 0.234 bits per heavy atom. The molecule has 320 valence electrons. The van der Waals surface area contributed by atoms with Crippen LogP contribution >= 0.6 is 0 Å². The molecule has 0 atom stereocenters. The van der Waals surface area contributed by atoms with Gasteiger partial charge in [0.25, 0.3) is 0 Å². The van der Waals surface area contributed by atoms with E-state index in [9.17, 15) is 0 Å². The minimum Gasteiger partial charge on any atom is -0.461 e. The molecule has 4 N–H and O–H groups in total. The van der Waals surface area contributed by atoms with Crippen molar-refractivity contribution in [3.05, 3.63) is 213 Å². The van der Waals surface area contributed by atoms with Gasteiger partial charge >= 0.3 is 0 Å². The summed E-state index contributed by atoms with van der Waals surface area (Å²) in [6.45, 7) is 0. The van der Waals surface area contributed by atoms with Crippen LogP contribution in [0, 0.1) is 23.7 Å². The Hall–Kier alpha value is -8.12. The van der Waals surface area contributed by atoms with Gasteiger partial charge in [0.05, 0.1) is 105 Å². The van der Waals surface area contributed by atoms with Crippen molar-refractivity contribution in [2.75, 3.05) is 56.9 Å². The van der Waals surface area contributed by atoms with E-state index < -0.39 is 0 Å². The molecule has 0 unspecified atom stereocenters. The zero-order valence-corrected chi connectivity index (χ0v) is 36.8. The lowest BCUT2D eigenvalue weighted by Crippen LogP contribution is -2.14. The molecule has 1 aliphatic heterocycles. The number of nitrogens with one attached hydrogen (secondary N) is 4. The Kier molecular flexibility index (Phi) is 11.2. The highest BCUT2D eigenvalue weighted by Crippen LogP contribution is 2.49. The fourth-order valence-corrected chi connectivity index (χ4v) is 8.80. The van der Waals surface area contributed by atoms with Crippen LogP contribution in [-0.2, 0) is 0 Å². The van der Waals surface area contributed by atoms with Crippen LogP contribution < -0.4 is 37.9 Å². The lowest BCUT2D eigenvalue weighted by molar-refractivity contribution is 0.388. The van der Waals surface area contributed by atoms with Gasteiger partial charge in [-0.05, 0) is 24.3 Å². The van der Waals surface area contributed by atoms with E-state index in [1.807, 2.05) is 72.8 Å². The largest absolute Gasteiger partial charge is 0.461 e. The summed E-state index contributed by atoms with van der Waals surface area (Å²) >= 11 is 0. The second-order valence-corrected chi connectivity index (χ2v) is 14.8. The van der Waals surface area contributed by atoms with Gasteiger partial charge in [-0.25, -0.2) is 0 Å². The first kappa shape index (κ1) is 41.2. The van der Waals surface area contributed by atoms with Crippen LogP contribution in [0.25, 0.3) is 0 Å². The minimum absolute atomic E-state index is 0.625. The van der Waals surface area contributed by atoms with Crippen molar-refractivity contribution in [2.24, 2.45) is 0 Å². The number of ether oxygens (including phenoxy) is 8. The minimum atomic E-state index is 0.625. The molecule has 0 saturated heterocycles. The summed E-state index contributed by atoms with van der Waals surface area (Å²) < 4.78 is 48.5. The summed E-state index contributed by atoms with van der Waals surface area (Å²) in [5.74, 6) is 8.20. The molecule has 4 aromatic carbocycles. The molecule has 12 heteroatoms. The summed E-state index contributed by atoms with van der Waals surface area (Å²) in [5, 5.41) is 0. The lowest BCUT2D eigenvalue weighted by Gasteiger charge is -2.18. The van der Waals surface area contributed by atoms with Gasteiger partial charge in [0.2, 0.25) is 0 Å². The molecule has 12 nitrogen and oxygen atoms in total. The zero-order valence-electron chi connectivity index (χ0n) is 36.8. The molecule has 5 heterocycles. The summed E-state index contributed by atoms with van der Waals surface area (Å²) in [5.41, 5.74) is 9.22. The number of H-pyrrole nitrogens is 4. The monoisotopic (exact) mass is 856 g/mol. The van der Waals surface area contributed by atoms with Gasteiger partial charge in [-0.15, -0.1) is 0 Å². The van der Waals surface area contributed by atoms with Gasteiger partial charge in [0.1, 0.15) is 69.2 Å². The van der Waals surface area contributed by atoms with E-state index in [0.717, 1.165) is 91.5 Å². The number of benzene rings is 4. The number of fused-ring (bicyclic) bond motifs is 8. The van der Waals surface area contributed by atoms with Crippen LogP contribution in [-0.4, -0.2) is 76.8 Å². The summed E-state index contributed by atoms with van der Waals surface area (Å²) in [4.78, 5) is 15.3. The molecule has 0 aliphatic carbocycles. The van der Waals surface area contributed by atoms with Gasteiger partial charge in [0.15, 0.2) is 68.2 Å². The van der Waals surface area contributed by atoms with Gasteiger partial charge in [-0.2, -0.15) is 0 Å². The highest BCUT2D eigenvalue weighted by atomic mass is 16.5. The molecule has 0 saturated carbocycles. The van der Waals surface area contributed by atoms with Crippen LogP contribution in [0.5, 0.6) is 46.0 Å². The first-order valence-electron chi connectivity index (χ1n) is 20.5. The molecule has 0 radical (unpaired) electrons. The Morgan fingerprint density at radius 2 is 0.375 bits per heavy atom. The van der Waals surface area contributed by atoms with Crippen molar-refractivity contribution in [2.45, 2.75) is 0 Å². The number of hydrogen-bond acceptors (Lipinski definition) is 8. The molecular formula is C52H48N4O8+4. The number of methoxy groups -OCH3 is 8.